The highest BCUT2D eigenvalue weighted by atomic mass is 79.9. The average molecular weight is 454 g/mol. The summed E-state index contributed by atoms with van der Waals surface area (Å²) in [5.74, 6) is 1.54. The Balaban J connectivity index is 1.63. The van der Waals surface area contributed by atoms with Gasteiger partial charge in [0.15, 0.2) is 11.6 Å². The van der Waals surface area contributed by atoms with Crippen molar-refractivity contribution in [2.45, 2.75) is 56.9 Å². The van der Waals surface area contributed by atoms with Crippen LogP contribution in [0.5, 0.6) is 0 Å². The van der Waals surface area contributed by atoms with Gasteiger partial charge in [0, 0.05) is 21.8 Å². The van der Waals surface area contributed by atoms with Gasteiger partial charge in [-0.1, -0.05) is 47.5 Å². The number of carbonyl (C=O) groups is 2. The Morgan fingerprint density at radius 2 is 1.96 bits per heavy atom. The van der Waals surface area contributed by atoms with Crippen LogP contribution in [-0.2, 0) is 9.59 Å². The minimum Gasteiger partial charge on any atom is -0.380 e. The molecule has 3 saturated carbocycles. The van der Waals surface area contributed by atoms with E-state index < -0.39 is 11.0 Å². The van der Waals surface area contributed by atoms with Gasteiger partial charge < -0.3 is 5.11 Å². The number of Topliss-reactive ketones (excluding diaryl/α,β-unsaturated/α-hetero) is 1. The van der Waals surface area contributed by atoms with Gasteiger partial charge in [-0.15, -0.1) is 0 Å². The van der Waals surface area contributed by atoms with E-state index in [1.807, 2.05) is 6.08 Å². The largest absolute Gasteiger partial charge is 0.380 e. The summed E-state index contributed by atoms with van der Waals surface area (Å²) < 4.78 is 0. The first-order chi connectivity index (χ1) is 12.6. The number of ketones is 2. The maximum atomic E-state index is 12.5. The number of halogens is 2. The lowest BCUT2D eigenvalue weighted by Crippen LogP contribution is -2.58. The van der Waals surface area contributed by atoms with Crippen molar-refractivity contribution in [1.82, 2.24) is 0 Å². The first kappa shape index (κ1) is 18.6. The number of alkyl halides is 1. The summed E-state index contributed by atoms with van der Waals surface area (Å²) >= 11 is 10.4. The molecule has 0 bridgehead atoms. The van der Waals surface area contributed by atoms with E-state index in [4.69, 9.17) is 11.6 Å². The second kappa shape index (κ2) is 5.37. The van der Waals surface area contributed by atoms with Crippen LogP contribution in [0.25, 0.3) is 0 Å². The summed E-state index contributed by atoms with van der Waals surface area (Å²) in [7, 11) is 0. The van der Waals surface area contributed by atoms with E-state index in [-0.39, 0.29) is 39.6 Å². The number of carbonyl (C=O) groups excluding carboxylic acids is 2. The van der Waals surface area contributed by atoms with E-state index in [0.29, 0.717) is 16.9 Å². The molecule has 146 valence electrons. The summed E-state index contributed by atoms with van der Waals surface area (Å²) in [4.78, 5) is 24.6. The molecule has 9 atom stereocenters. The fourth-order valence-corrected chi connectivity index (χ4v) is 9.22. The second-order valence-electron chi connectivity index (χ2n) is 9.98. The molecule has 0 heterocycles. The molecule has 5 aliphatic rings. The molecule has 0 spiro atoms. The van der Waals surface area contributed by atoms with Crippen LogP contribution in [0, 0.1) is 40.4 Å². The first-order valence-electron chi connectivity index (χ1n) is 10.1. The molecule has 1 N–H and O–H groups in total. The molecule has 0 aromatic carbocycles. The molecule has 27 heavy (non-hydrogen) atoms. The highest BCUT2D eigenvalue weighted by Gasteiger charge is 2.71. The van der Waals surface area contributed by atoms with Gasteiger partial charge in [0.25, 0.3) is 0 Å². The molecule has 5 rings (SSSR count). The van der Waals surface area contributed by atoms with Gasteiger partial charge in [-0.3, -0.25) is 9.59 Å². The number of hydrogen-bond acceptors (Lipinski definition) is 3. The van der Waals surface area contributed by atoms with Gasteiger partial charge in [0.2, 0.25) is 0 Å². The highest BCUT2D eigenvalue weighted by Crippen LogP contribution is 2.72. The van der Waals surface area contributed by atoms with Crippen LogP contribution in [0.3, 0.4) is 0 Å². The fraction of sp³-hybridized carbons (Fsp3) is 0.727. The van der Waals surface area contributed by atoms with Crippen LogP contribution in [-0.4, -0.2) is 27.1 Å². The number of aliphatic hydroxyl groups is 1. The van der Waals surface area contributed by atoms with Gasteiger partial charge >= 0.3 is 0 Å². The van der Waals surface area contributed by atoms with E-state index in [1.54, 1.807) is 0 Å². The zero-order valence-corrected chi connectivity index (χ0v) is 18.3. The lowest BCUT2D eigenvalue weighted by atomic mass is 9.47. The Morgan fingerprint density at radius 1 is 1.26 bits per heavy atom. The average Bonchev–Trinajstić information content (AvgIpc) is 3.37. The summed E-state index contributed by atoms with van der Waals surface area (Å²) in [5.41, 5.74) is -0.805. The normalized spacial score (nSPS) is 55.6. The minimum atomic E-state index is -1.33. The van der Waals surface area contributed by atoms with E-state index in [2.05, 4.69) is 35.9 Å². The molecule has 3 nitrogen and oxygen atoms in total. The fourth-order valence-electron chi connectivity index (χ4n) is 7.57. The van der Waals surface area contributed by atoms with Crippen molar-refractivity contribution in [3.8, 4) is 0 Å². The number of fused-ring (bicyclic) bond motifs is 7. The van der Waals surface area contributed by atoms with Gasteiger partial charge in [0.05, 0.1) is 4.83 Å². The SMILES string of the molecule is CC(=O)[C@@]1(O)[C@@H](Br)C[C@H]2[C@@H]3C=C(Cl)C4=CC(=O)[C@@H]5C[C@@H]5[C@]4(C)[C@H]3CC[C@@]21C. The second-order valence-corrected chi connectivity index (χ2v) is 11.5. The number of rotatable bonds is 1. The first-order valence-corrected chi connectivity index (χ1v) is 11.4. The zero-order valence-electron chi connectivity index (χ0n) is 16.0. The topological polar surface area (TPSA) is 54.4 Å². The van der Waals surface area contributed by atoms with Crippen LogP contribution in [0.15, 0.2) is 22.8 Å². The zero-order chi connectivity index (χ0) is 19.5. The molecule has 0 aliphatic heterocycles. The summed E-state index contributed by atoms with van der Waals surface area (Å²) in [6.07, 6.45) is 7.49. The van der Waals surface area contributed by atoms with E-state index in [1.165, 1.54) is 6.92 Å². The van der Waals surface area contributed by atoms with Gasteiger partial charge in [0.1, 0.15) is 5.60 Å². The van der Waals surface area contributed by atoms with E-state index in [9.17, 15) is 14.7 Å². The van der Waals surface area contributed by atoms with Crippen LogP contribution in [0.1, 0.15) is 46.5 Å². The molecular formula is C22H26BrClO3. The third-order valence-electron chi connectivity index (χ3n) is 9.20. The van der Waals surface area contributed by atoms with Gasteiger partial charge in [-0.2, -0.15) is 0 Å². The van der Waals surface area contributed by atoms with Crippen LogP contribution in [0.4, 0.5) is 0 Å². The third kappa shape index (κ3) is 1.98. The van der Waals surface area contributed by atoms with Crippen molar-refractivity contribution in [2.75, 3.05) is 0 Å². The number of allylic oxidation sites excluding steroid dienone is 4. The van der Waals surface area contributed by atoms with Crippen molar-refractivity contribution in [3.63, 3.8) is 0 Å². The van der Waals surface area contributed by atoms with Crippen molar-refractivity contribution >= 4 is 39.1 Å². The Kier molecular flexibility index (Phi) is 3.69. The Bertz CT molecular complexity index is 833. The summed E-state index contributed by atoms with van der Waals surface area (Å²) in [6.45, 7) is 5.92. The Labute approximate surface area is 173 Å². The molecular weight excluding hydrogens is 428 g/mol. The van der Waals surface area contributed by atoms with Crippen molar-refractivity contribution in [3.05, 3.63) is 22.8 Å². The van der Waals surface area contributed by atoms with Gasteiger partial charge in [-0.25, -0.2) is 0 Å². The molecule has 0 aromatic heterocycles. The molecule has 0 unspecified atom stereocenters. The lowest BCUT2D eigenvalue weighted by Gasteiger charge is -2.57. The quantitative estimate of drug-likeness (QED) is 0.598. The monoisotopic (exact) mass is 452 g/mol. The summed E-state index contributed by atoms with van der Waals surface area (Å²) in [6, 6.07) is 0. The van der Waals surface area contributed by atoms with Crippen LogP contribution < -0.4 is 0 Å². The molecule has 5 aliphatic carbocycles. The van der Waals surface area contributed by atoms with Crippen LogP contribution >= 0.6 is 27.5 Å². The molecule has 5 heteroatoms. The smallest absolute Gasteiger partial charge is 0.163 e. The number of hydrogen-bond donors (Lipinski definition) is 1. The van der Waals surface area contributed by atoms with E-state index >= 15 is 0 Å². The summed E-state index contributed by atoms with van der Waals surface area (Å²) in [5, 5.41) is 12.1. The molecule has 3 fully saturated rings. The molecule has 0 aromatic rings. The van der Waals surface area contributed by atoms with Crippen molar-refractivity contribution in [2.24, 2.45) is 40.4 Å². The van der Waals surface area contributed by atoms with E-state index in [0.717, 1.165) is 31.3 Å². The van der Waals surface area contributed by atoms with Crippen LogP contribution in [0.2, 0.25) is 0 Å². The predicted octanol–water partition coefficient (Wildman–Crippen LogP) is 4.41. The van der Waals surface area contributed by atoms with Crippen molar-refractivity contribution in [1.29, 1.82) is 0 Å². The minimum absolute atomic E-state index is 0.0604. The molecule has 0 saturated heterocycles. The highest BCUT2D eigenvalue weighted by molar-refractivity contribution is 9.09. The molecule has 0 amide bonds. The molecule has 0 radical (unpaired) electrons. The maximum Gasteiger partial charge on any atom is 0.163 e. The van der Waals surface area contributed by atoms with Crippen molar-refractivity contribution < 1.29 is 14.7 Å². The Hall–Kier alpha value is -0.450. The standard InChI is InChI=1S/C22H26BrClO3/c1-10(25)22(27)19(23)9-14-11-7-17(24)16-8-18(26)12-6-15(12)21(16,3)13(11)4-5-20(14,22)2/h7-8,11-15,19,27H,4-6,9H2,1-3H3/t11-,12-,13+,14+,15+,19+,20+,21+,22-/m1/s1. The predicted molar refractivity (Wildman–Crippen MR) is 108 cm³/mol. The maximum absolute atomic E-state index is 12.5. The Morgan fingerprint density at radius 3 is 2.63 bits per heavy atom. The lowest BCUT2D eigenvalue weighted by molar-refractivity contribution is -0.155. The van der Waals surface area contributed by atoms with Gasteiger partial charge in [-0.05, 0) is 67.9 Å². The third-order valence-corrected chi connectivity index (χ3v) is 10.6.